The minimum Gasteiger partial charge on any atom is -0.313 e. The maximum Gasteiger partial charge on any atom is 0.00954 e. The Morgan fingerprint density at radius 1 is 1.31 bits per heavy atom. The van der Waals surface area contributed by atoms with Crippen molar-refractivity contribution in [3.63, 3.8) is 0 Å². The van der Waals surface area contributed by atoms with Crippen molar-refractivity contribution in [2.24, 2.45) is 17.8 Å². The van der Waals surface area contributed by atoms with Crippen molar-refractivity contribution in [3.05, 3.63) is 0 Å². The minimum absolute atomic E-state index is 0.795. The molecular formula is C12H25N. The average Bonchev–Trinajstić information content (AvgIpc) is 2.44. The summed E-state index contributed by atoms with van der Waals surface area (Å²) in [4.78, 5) is 0. The van der Waals surface area contributed by atoms with Crippen LogP contribution in [-0.2, 0) is 0 Å². The van der Waals surface area contributed by atoms with Crippen molar-refractivity contribution in [2.75, 3.05) is 6.54 Å². The van der Waals surface area contributed by atoms with Gasteiger partial charge in [0, 0.05) is 6.04 Å². The molecule has 1 saturated carbocycles. The van der Waals surface area contributed by atoms with Gasteiger partial charge in [0.15, 0.2) is 0 Å². The lowest BCUT2D eigenvalue weighted by atomic mass is 9.97. The quantitative estimate of drug-likeness (QED) is 0.706. The summed E-state index contributed by atoms with van der Waals surface area (Å²) in [6.07, 6.45) is 4.10. The van der Waals surface area contributed by atoms with Crippen LogP contribution in [0, 0.1) is 17.8 Å². The van der Waals surface area contributed by atoms with Crippen LogP contribution in [0.3, 0.4) is 0 Å². The lowest BCUT2D eigenvalue weighted by Gasteiger charge is -2.21. The molecule has 1 N–H and O–H groups in total. The molecular weight excluding hydrogens is 158 g/mol. The van der Waals surface area contributed by atoms with Gasteiger partial charge in [0.2, 0.25) is 0 Å². The minimum atomic E-state index is 0.795. The van der Waals surface area contributed by atoms with Gasteiger partial charge in [0.1, 0.15) is 0 Å². The molecule has 0 heterocycles. The summed E-state index contributed by atoms with van der Waals surface area (Å²) in [7, 11) is 0. The lowest BCUT2D eigenvalue weighted by Crippen LogP contribution is -2.35. The van der Waals surface area contributed by atoms with Crippen molar-refractivity contribution in [2.45, 2.75) is 53.0 Å². The van der Waals surface area contributed by atoms with Gasteiger partial charge in [0.25, 0.3) is 0 Å². The van der Waals surface area contributed by atoms with E-state index in [9.17, 15) is 0 Å². The predicted molar refractivity (Wildman–Crippen MR) is 58.8 cm³/mol. The first-order valence-corrected chi connectivity index (χ1v) is 5.88. The van der Waals surface area contributed by atoms with Crippen LogP contribution in [0.2, 0.25) is 0 Å². The van der Waals surface area contributed by atoms with Gasteiger partial charge >= 0.3 is 0 Å². The van der Waals surface area contributed by atoms with Crippen molar-refractivity contribution < 1.29 is 0 Å². The van der Waals surface area contributed by atoms with Gasteiger partial charge in [-0.3, -0.25) is 0 Å². The molecule has 0 aliphatic heterocycles. The van der Waals surface area contributed by atoms with Crippen LogP contribution >= 0.6 is 0 Å². The van der Waals surface area contributed by atoms with E-state index in [1.54, 1.807) is 0 Å². The van der Waals surface area contributed by atoms with E-state index < -0.39 is 0 Å². The van der Waals surface area contributed by atoms with E-state index in [1.807, 2.05) is 0 Å². The molecule has 0 saturated heterocycles. The van der Waals surface area contributed by atoms with Gasteiger partial charge in [-0.1, -0.05) is 34.1 Å². The van der Waals surface area contributed by atoms with Crippen LogP contribution in [0.25, 0.3) is 0 Å². The fourth-order valence-corrected chi connectivity index (χ4v) is 2.15. The van der Waals surface area contributed by atoms with Crippen LogP contribution in [0.1, 0.15) is 47.0 Å². The van der Waals surface area contributed by atoms with Crippen molar-refractivity contribution in [1.29, 1.82) is 0 Å². The second kappa shape index (κ2) is 4.99. The third kappa shape index (κ3) is 2.98. The Morgan fingerprint density at radius 3 is 2.46 bits per heavy atom. The molecule has 4 unspecified atom stereocenters. The molecule has 1 heteroatoms. The van der Waals surface area contributed by atoms with Crippen LogP contribution in [0.15, 0.2) is 0 Å². The molecule has 1 aliphatic rings. The SMILES string of the molecule is CCC(C)CNC1CCC(C)C1C. The molecule has 1 aliphatic carbocycles. The van der Waals surface area contributed by atoms with E-state index in [4.69, 9.17) is 0 Å². The largest absolute Gasteiger partial charge is 0.313 e. The standard InChI is InChI=1S/C12H25N/c1-5-9(2)8-13-12-7-6-10(3)11(12)4/h9-13H,5-8H2,1-4H3. The fourth-order valence-electron chi connectivity index (χ4n) is 2.15. The summed E-state index contributed by atoms with van der Waals surface area (Å²) >= 11 is 0. The molecule has 1 nitrogen and oxygen atoms in total. The zero-order chi connectivity index (χ0) is 9.84. The smallest absolute Gasteiger partial charge is 0.00954 e. The van der Waals surface area contributed by atoms with Crippen LogP contribution in [-0.4, -0.2) is 12.6 Å². The van der Waals surface area contributed by atoms with Crippen molar-refractivity contribution in [1.82, 2.24) is 5.32 Å². The topological polar surface area (TPSA) is 12.0 Å². The molecule has 1 rings (SSSR count). The number of nitrogens with one attached hydrogen (secondary N) is 1. The van der Waals surface area contributed by atoms with Crippen molar-refractivity contribution >= 4 is 0 Å². The third-order valence-corrected chi connectivity index (χ3v) is 3.89. The first kappa shape index (κ1) is 11.0. The molecule has 0 bridgehead atoms. The Hall–Kier alpha value is -0.0400. The number of rotatable bonds is 4. The Kier molecular flexibility index (Phi) is 4.24. The van der Waals surface area contributed by atoms with Crippen LogP contribution in [0.4, 0.5) is 0 Å². The molecule has 0 aromatic carbocycles. The number of hydrogen-bond donors (Lipinski definition) is 1. The van der Waals surface area contributed by atoms with Crippen molar-refractivity contribution in [3.8, 4) is 0 Å². The number of hydrogen-bond acceptors (Lipinski definition) is 1. The van der Waals surface area contributed by atoms with Gasteiger partial charge in [-0.15, -0.1) is 0 Å². The Bertz CT molecular complexity index is 144. The zero-order valence-electron chi connectivity index (χ0n) is 9.64. The van der Waals surface area contributed by atoms with Gasteiger partial charge in [-0.05, 0) is 37.1 Å². The average molecular weight is 183 g/mol. The maximum absolute atomic E-state index is 3.71. The normalized spacial score (nSPS) is 36.5. The molecule has 13 heavy (non-hydrogen) atoms. The van der Waals surface area contributed by atoms with Gasteiger partial charge < -0.3 is 5.32 Å². The first-order valence-electron chi connectivity index (χ1n) is 5.88. The Balaban J connectivity index is 2.22. The van der Waals surface area contributed by atoms with Gasteiger partial charge in [0.05, 0.1) is 0 Å². The molecule has 0 spiro atoms. The van der Waals surface area contributed by atoms with E-state index >= 15 is 0 Å². The van der Waals surface area contributed by atoms with E-state index in [2.05, 4.69) is 33.0 Å². The summed E-state index contributed by atoms with van der Waals surface area (Å²) in [6, 6.07) is 0.795. The Labute approximate surface area is 83.3 Å². The van der Waals surface area contributed by atoms with E-state index in [0.717, 1.165) is 23.8 Å². The molecule has 0 aromatic rings. The van der Waals surface area contributed by atoms with E-state index in [0.29, 0.717) is 0 Å². The van der Waals surface area contributed by atoms with Gasteiger partial charge in [-0.25, -0.2) is 0 Å². The Morgan fingerprint density at radius 2 is 2.00 bits per heavy atom. The summed E-state index contributed by atoms with van der Waals surface area (Å²) in [5, 5.41) is 3.71. The third-order valence-electron chi connectivity index (χ3n) is 3.89. The maximum atomic E-state index is 3.71. The molecule has 0 aromatic heterocycles. The summed E-state index contributed by atoms with van der Waals surface area (Å²) in [5.41, 5.74) is 0. The summed E-state index contributed by atoms with van der Waals surface area (Å²) in [5.74, 6) is 2.64. The summed E-state index contributed by atoms with van der Waals surface area (Å²) < 4.78 is 0. The van der Waals surface area contributed by atoms with Crippen LogP contribution in [0.5, 0.6) is 0 Å². The monoisotopic (exact) mass is 183 g/mol. The molecule has 1 fully saturated rings. The highest BCUT2D eigenvalue weighted by molar-refractivity contribution is 4.84. The second-order valence-electron chi connectivity index (χ2n) is 4.94. The highest BCUT2D eigenvalue weighted by atomic mass is 14.9. The molecule has 4 atom stereocenters. The highest BCUT2D eigenvalue weighted by Crippen LogP contribution is 2.31. The fraction of sp³-hybridized carbons (Fsp3) is 1.00. The highest BCUT2D eigenvalue weighted by Gasteiger charge is 2.29. The summed E-state index contributed by atoms with van der Waals surface area (Å²) in [6.45, 7) is 10.6. The second-order valence-corrected chi connectivity index (χ2v) is 4.94. The zero-order valence-corrected chi connectivity index (χ0v) is 9.64. The molecule has 0 radical (unpaired) electrons. The lowest BCUT2D eigenvalue weighted by molar-refractivity contribution is 0.350. The van der Waals surface area contributed by atoms with Gasteiger partial charge in [-0.2, -0.15) is 0 Å². The van der Waals surface area contributed by atoms with E-state index in [1.165, 1.54) is 25.8 Å². The van der Waals surface area contributed by atoms with E-state index in [-0.39, 0.29) is 0 Å². The first-order chi connectivity index (χ1) is 6.15. The van der Waals surface area contributed by atoms with Crippen LogP contribution < -0.4 is 5.32 Å². The molecule has 0 amide bonds. The predicted octanol–water partition coefficient (Wildman–Crippen LogP) is 3.06. The molecule has 78 valence electrons.